The molecule has 0 aliphatic carbocycles. The molecule has 0 aromatic heterocycles. The summed E-state index contributed by atoms with van der Waals surface area (Å²) in [6.07, 6.45) is 3.18. The van der Waals surface area contributed by atoms with Crippen molar-refractivity contribution in [1.29, 1.82) is 0 Å². The summed E-state index contributed by atoms with van der Waals surface area (Å²) in [6.45, 7) is 1.36. The van der Waals surface area contributed by atoms with Crippen LogP contribution < -0.4 is 10.1 Å². The van der Waals surface area contributed by atoms with Crippen molar-refractivity contribution in [2.45, 2.75) is 32.1 Å². The quantitative estimate of drug-likeness (QED) is 0.809. The zero-order chi connectivity index (χ0) is 15.1. The lowest BCUT2D eigenvalue weighted by atomic mass is 10.0. The molecule has 21 heavy (non-hydrogen) atoms. The van der Waals surface area contributed by atoms with Crippen LogP contribution in [0.2, 0.25) is 0 Å². The zero-order valence-electron chi connectivity index (χ0n) is 12.3. The molecule has 0 fully saturated rings. The van der Waals surface area contributed by atoms with Gasteiger partial charge in [0.1, 0.15) is 5.75 Å². The Balaban J connectivity index is 1.73. The Morgan fingerprint density at radius 2 is 2.19 bits per heavy atom. The monoisotopic (exact) mass is 291 g/mol. The third-order valence-corrected chi connectivity index (χ3v) is 3.49. The fraction of sp³-hybridized carbons (Fsp3) is 0.500. The first-order valence-corrected chi connectivity index (χ1v) is 7.27. The number of ether oxygens (including phenoxy) is 2. The Hall–Kier alpha value is -2.04. The number of carbonyl (C=O) groups is 2. The molecular formula is C16H21NO4. The summed E-state index contributed by atoms with van der Waals surface area (Å²) in [5.74, 6) is 0.494. The van der Waals surface area contributed by atoms with Crippen LogP contribution in [0.3, 0.4) is 0 Å². The molecule has 1 aliphatic heterocycles. The molecule has 0 spiro atoms. The summed E-state index contributed by atoms with van der Waals surface area (Å²) in [6, 6.07) is 6.18. The average Bonchev–Trinajstić information content (AvgIpc) is 2.52. The van der Waals surface area contributed by atoms with Gasteiger partial charge in [-0.1, -0.05) is 12.1 Å². The van der Waals surface area contributed by atoms with Crippen LogP contribution in [0, 0.1) is 0 Å². The van der Waals surface area contributed by atoms with E-state index < -0.39 is 0 Å². The Labute approximate surface area is 124 Å². The first-order chi connectivity index (χ1) is 10.2. The molecule has 5 heteroatoms. The number of fused-ring (bicyclic) bond motifs is 1. The first kappa shape index (κ1) is 15.4. The third kappa shape index (κ3) is 4.77. The van der Waals surface area contributed by atoms with E-state index in [0.717, 1.165) is 31.6 Å². The van der Waals surface area contributed by atoms with Gasteiger partial charge in [-0.05, 0) is 36.5 Å². The lowest BCUT2D eigenvalue weighted by Crippen LogP contribution is -2.26. The van der Waals surface area contributed by atoms with Gasteiger partial charge in [0, 0.05) is 13.0 Å². The number of carbonyl (C=O) groups excluding carboxylic acids is 2. The molecule has 0 saturated carbocycles. The first-order valence-electron chi connectivity index (χ1n) is 7.27. The number of nitrogens with one attached hydrogen (secondary N) is 1. The molecule has 1 N–H and O–H groups in total. The maximum Gasteiger partial charge on any atom is 0.306 e. The van der Waals surface area contributed by atoms with E-state index in [1.54, 1.807) is 0 Å². The van der Waals surface area contributed by atoms with Gasteiger partial charge in [-0.15, -0.1) is 0 Å². The number of amides is 1. The van der Waals surface area contributed by atoms with Crippen molar-refractivity contribution in [3.63, 3.8) is 0 Å². The van der Waals surface area contributed by atoms with Crippen LogP contribution in [-0.4, -0.2) is 32.1 Å². The highest BCUT2D eigenvalue weighted by Crippen LogP contribution is 2.25. The highest BCUT2D eigenvalue weighted by atomic mass is 16.5. The summed E-state index contributed by atoms with van der Waals surface area (Å²) in [5, 5.41) is 2.81. The highest BCUT2D eigenvalue weighted by Gasteiger charge is 2.11. The zero-order valence-corrected chi connectivity index (χ0v) is 12.3. The van der Waals surface area contributed by atoms with Crippen molar-refractivity contribution in [3.05, 3.63) is 29.3 Å². The van der Waals surface area contributed by atoms with Crippen molar-refractivity contribution in [1.82, 2.24) is 5.32 Å². The van der Waals surface area contributed by atoms with Crippen LogP contribution in [0.25, 0.3) is 0 Å². The van der Waals surface area contributed by atoms with E-state index in [4.69, 9.17) is 4.74 Å². The van der Waals surface area contributed by atoms with Gasteiger partial charge in [-0.2, -0.15) is 0 Å². The Kier molecular flexibility index (Phi) is 5.60. The maximum absolute atomic E-state index is 11.5. The fourth-order valence-electron chi connectivity index (χ4n) is 2.32. The van der Waals surface area contributed by atoms with Crippen LogP contribution >= 0.6 is 0 Å². The number of methoxy groups -OCH3 is 1. The van der Waals surface area contributed by atoms with Crippen LogP contribution in [0.1, 0.15) is 30.4 Å². The van der Waals surface area contributed by atoms with E-state index in [2.05, 4.69) is 16.1 Å². The van der Waals surface area contributed by atoms with Crippen LogP contribution in [-0.2, 0) is 27.2 Å². The largest absolute Gasteiger partial charge is 0.493 e. The minimum absolute atomic E-state index is 0.123. The van der Waals surface area contributed by atoms with E-state index in [-0.39, 0.29) is 24.7 Å². The maximum atomic E-state index is 11.5. The smallest absolute Gasteiger partial charge is 0.306 e. The molecule has 1 aromatic carbocycles. The predicted octanol–water partition coefficient (Wildman–Crippen LogP) is 1.62. The molecule has 0 bridgehead atoms. The van der Waals surface area contributed by atoms with Gasteiger partial charge >= 0.3 is 5.97 Å². The van der Waals surface area contributed by atoms with E-state index in [9.17, 15) is 9.59 Å². The summed E-state index contributed by atoms with van der Waals surface area (Å²) in [7, 11) is 1.32. The van der Waals surface area contributed by atoms with Crippen LogP contribution in [0.4, 0.5) is 0 Å². The Morgan fingerprint density at radius 3 is 3.00 bits per heavy atom. The summed E-state index contributed by atoms with van der Waals surface area (Å²) >= 11 is 0. The van der Waals surface area contributed by atoms with Gasteiger partial charge < -0.3 is 14.8 Å². The topological polar surface area (TPSA) is 64.6 Å². The van der Waals surface area contributed by atoms with E-state index in [0.29, 0.717) is 6.54 Å². The number of hydrogen-bond donors (Lipinski definition) is 1. The van der Waals surface area contributed by atoms with Gasteiger partial charge in [0.2, 0.25) is 5.91 Å². The molecule has 5 nitrogen and oxygen atoms in total. The lowest BCUT2D eigenvalue weighted by Gasteiger charge is -2.17. The number of benzene rings is 1. The van der Waals surface area contributed by atoms with Gasteiger partial charge in [0.05, 0.1) is 20.1 Å². The number of hydrogen-bond acceptors (Lipinski definition) is 4. The number of aryl methyl sites for hydroxylation is 1. The molecule has 2 rings (SSSR count). The lowest BCUT2D eigenvalue weighted by molar-refractivity contribution is -0.142. The third-order valence-electron chi connectivity index (χ3n) is 3.49. The molecule has 0 atom stereocenters. The van der Waals surface area contributed by atoms with Crippen molar-refractivity contribution < 1.29 is 19.1 Å². The van der Waals surface area contributed by atoms with Crippen molar-refractivity contribution in [2.75, 3.05) is 20.3 Å². The second kappa shape index (κ2) is 7.67. The highest BCUT2D eigenvalue weighted by molar-refractivity contribution is 5.81. The van der Waals surface area contributed by atoms with Crippen LogP contribution in [0.5, 0.6) is 5.75 Å². The molecule has 0 saturated heterocycles. The Morgan fingerprint density at radius 1 is 1.33 bits per heavy atom. The predicted molar refractivity (Wildman–Crippen MR) is 78.2 cm³/mol. The minimum atomic E-state index is -0.361. The second-order valence-electron chi connectivity index (χ2n) is 5.07. The van der Waals surface area contributed by atoms with Gasteiger partial charge in [-0.3, -0.25) is 9.59 Å². The molecule has 114 valence electrons. The number of esters is 1. The molecule has 0 unspecified atom stereocenters. The van der Waals surface area contributed by atoms with Gasteiger partial charge in [0.15, 0.2) is 0 Å². The van der Waals surface area contributed by atoms with E-state index >= 15 is 0 Å². The molecule has 0 radical (unpaired) electrons. The molecule has 1 aliphatic rings. The van der Waals surface area contributed by atoms with Crippen molar-refractivity contribution in [3.8, 4) is 5.75 Å². The number of rotatable bonds is 6. The average molecular weight is 291 g/mol. The minimum Gasteiger partial charge on any atom is -0.493 e. The SMILES string of the molecule is COC(=O)CCC(=O)NCCc1ccc2c(c1)CCCO2. The van der Waals surface area contributed by atoms with Crippen molar-refractivity contribution >= 4 is 11.9 Å². The van der Waals surface area contributed by atoms with E-state index in [1.807, 2.05) is 12.1 Å². The summed E-state index contributed by atoms with van der Waals surface area (Å²) < 4.78 is 10.1. The van der Waals surface area contributed by atoms with Crippen LogP contribution in [0.15, 0.2) is 18.2 Å². The second-order valence-corrected chi connectivity index (χ2v) is 5.07. The summed E-state index contributed by atoms with van der Waals surface area (Å²) in [5.41, 5.74) is 2.43. The van der Waals surface area contributed by atoms with E-state index in [1.165, 1.54) is 18.2 Å². The Bertz CT molecular complexity index is 513. The van der Waals surface area contributed by atoms with Gasteiger partial charge in [-0.25, -0.2) is 0 Å². The molecule has 1 amide bonds. The molecule has 1 heterocycles. The van der Waals surface area contributed by atoms with Gasteiger partial charge in [0.25, 0.3) is 0 Å². The van der Waals surface area contributed by atoms with Crippen molar-refractivity contribution in [2.24, 2.45) is 0 Å². The standard InChI is InChI=1S/C16H21NO4/c1-20-16(19)7-6-15(18)17-9-8-12-4-5-14-13(11-12)3-2-10-21-14/h4-5,11H,2-3,6-10H2,1H3,(H,17,18). The molecule has 1 aromatic rings. The summed E-state index contributed by atoms with van der Waals surface area (Å²) in [4.78, 5) is 22.5. The normalized spacial score (nSPS) is 13.0. The molecular weight excluding hydrogens is 270 g/mol. The fourth-order valence-corrected chi connectivity index (χ4v) is 2.32.